The van der Waals surface area contributed by atoms with Gasteiger partial charge in [-0.1, -0.05) is 13.0 Å². The van der Waals surface area contributed by atoms with Crippen molar-refractivity contribution in [3.8, 4) is 0 Å². The van der Waals surface area contributed by atoms with Gasteiger partial charge in [0.05, 0.1) is 18.2 Å². The zero-order valence-electron chi connectivity index (χ0n) is 24.2. The van der Waals surface area contributed by atoms with Crippen LogP contribution in [0, 0.1) is 0 Å². The van der Waals surface area contributed by atoms with Gasteiger partial charge in [-0.05, 0) is 95.9 Å². The Morgan fingerprint density at radius 1 is 0.950 bits per heavy atom. The number of fused-ring (bicyclic) bond motifs is 3. The van der Waals surface area contributed by atoms with E-state index in [1.807, 2.05) is 24.5 Å². The number of pyridine rings is 1. The van der Waals surface area contributed by atoms with Crippen molar-refractivity contribution in [2.24, 2.45) is 0 Å². The maximum atomic E-state index is 6.32. The van der Waals surface area contributed by atoms with Crippen LogP contribution in [0.2, 0.25) is 0 Å². The number of rotatable bonds is 4. The minimum absolute atomic E-state index is 0.192. The highest BCUT2D eigenvalue weighted by Crippen LogP contribution is 2.52. The van der Waals surface area contributed by atoms with Crippen molar-refractivity contribution in [2.75, 3.05) is 48.4 Å². The first-order chi connectivity index (χ1) is 19.3. The highest BCUT2D eigenvalue weighted by atomic mass is 16.5. The molecule has 1 aromatic carbocycles. The molecule has 40 heavy (non-hydrogen) atoms. The summed E-state index contributed by atoms with van der Waals surface area (Å²) >= 11 is 0. The van der Waals surface area contributed by atoms with Crippen molar-refractivity contribution in [3.63, 3.8) is 0 Å². The lowest BCUT2D eigenvalue weighted by Gasteiger charge is -2.46. The van der Waals surface area contributed by atoms with Crippen molar-refractivity contribution < 1.29 is 4.74 Å². The smallest absolute Gasteiger partial charge is 0.229 e. The maximum Gasteiger partial charge on any atom is 0.229 e. The van der Waals surface area contributed by atoms with Crippen LogP contribution >= 0.6 is 0 Å². The molecule has 1 N–H and O–H groups in total. The van der Waals surface area contributed by atoms with Gasteiger partial charge in [-0.15, -0.1) is 0 Å². The Balaban J connectivity index is 1.12. The molecule has 3 saturated heterocycles. The standard InChI is InChI=1S/C32H41N7O/c1-30(2)20-26-31(3,22-40-30)25-21-34-29(36-28(25)39(26)27-8-5-6-16-33-27)35-23-9-11-24(12-10-23)38-18-14-32(15-19-38)13-7-17-37(32)4/h5-6,8-12,16,21,26H,7,13-15,17-20,22H2,1-4H3,(H,34,35,36)/t26-,31-/m1/s1. The predicted octanol–water partition coefficient (Wildman–Crippen LogP) is 5.66. The number of likely N-dealkylation sites (tertiary alicyclic amines) is 1. The molecule has 6 heterocycles. The zero-order chi connectivity index (χ0) is 27.5. The second-order valence-corrected chi connectivity index (χ2v) is 13.1. The second-order valence-electron chi connectivity index (χ2n) is 13.1. The SMILES string of the molecule is CN1CCCC12CCN(c1ccc(Nc3ncc4c(n3)N(c3ccccn3)[C@@H]3CC(C)(C)OC[C@]43C)cc1)CC2. The molecular formula is C32H41N7O. The van der Waals surface area contributed by atoms with E-state index < -0.39 is 0 Å². The van der Waals surface area contributed by atoms with E-state index >= 15 is 0 Å². The summed E-state index contributed by atoms with van der Waals surface area (Å²) in [6.07, 6.45) is 9.92. The Hall–Kier alpha value is -3.23. The van der Waals surface area contributed by atoms with E-state index in [9.17, 15) is 0 Å². The van der Waals surface area contributed by atoms with Gasteiger partial charge in [0.15, 0.2) is 0 Å². The van der Waals surface area contributed by atoms with Crippen molar-refractivity contribution >= 4 is 29.0 Å². The molecule has 3 aromatic rings. The van der Waals surface area contributed by atoms with Crippen LogP contribution in [-0.4, -0.2) is 70.3 Å². The maximum absolute atomic E-state index is 6.32. The van der Waals surface area contributed by atoms with Gasteiger partial charge >= 0.3 is 0 Å². The zero-order valence-corrected chi connectivity index (χ0v) is 24.2. The van der Waals surface area contributed by atoms with Crippen LogP contribution < -0.4 is 15.1 Å². The highest BCUT2D eigenvalue weighted by Gasteiger charge is 2.55. The van der Waals surface area contributed by atoms with Crippen LogP contribution in [0.1, 0.15) is 58.4 Å². The Morgan fingerprint density at radius 3 is 2.45 bits per heavy atom. The van der Waals surface area contributed by atoms with Crippen LogP contribution in [-0.2, 0) is 10.2 Å². The summed E-state index contributed by atoms with van der Waals surface area (Å²) in [5.74, 6) is 2.43. The second kappa shape index (κ2) is 9.42. The molecule has 1 spiro atoms. The van der Waals surface area contributed by atoms with E-state index in [0.717, 1.165) is 42.4 Å². The summed E-state index contributed by atoms with van der Waals surface area (Å²) in [7, 11) is 2.31. The molecule has 0 unspecified atom stereocenters. The van der Waals surface area contributed by atoms with E-state index in [2.05, 4.69) is 78.2 Å². The number of aromatic nitrogens is 3. The molecule has 210 valence electrons. The summed E-state index contributed by atoms with van der Waals surface area (Å²) in [6.45, 7) is 10.7. The monoisotopic (exact) mass is 539 g/mol. The fourth-order valence-corrected chi connectivity index (χ4v) is 7.53. The number of nitrogens with one attached hydrogen (secondary N) is 1. The summed E-state index contributed by atoms with van der Waals surface area (Å²) in [5.41, 5.74) is 3.42. The van der Waals surface area contributed by atoms with Crippen molar-refractivity contribution in [3.05, 3.63) is 60.4 Å². The van der Waals surface area contributed by atoms with Crippen molar-refractivity contribution in [2.45, 2.75) is 75.5 Å². The van der Waals surface area contributed by atoms with E-state index in [1.165, 1.54) is 37.9 Å². The molecular weight excluding hydrogens is 498 g/mol. The van der Waals surface area contributed by atoms with E-state index in [0.29, 0.717) is 18.1 Å². The van der Waals surface area contributed by atoms with Crippen molar-refractivity contribution in [1.82, 2.24) is 19.9 Å². The average molecular weight is 540 g/mol. The van der Waals surface area contributed by atoms with Gasteiger partial charge in [-0.3, -0.25) is 0 Å². The van der Waals surface area contributed by atoms with Crippen molar-refractivity contribution in [1.29, 1.82) is 0 Å². The fourth-order valence-electron chi connectivity index (χ4n) is 7.53. The molecule has 8 heteroatoms. The van der Waals surface area contributed by atoms with E-state index in [-0.39, 0.29) is 17.1 Å². The first-order valence-electron chi connectivity index (χ1n) is 14.8. The number of anilines is 5. The first-order valence-corrected chi connectivity index (χ1v) is 14.8. The lowest BCUT2D eigenvalue weighted by molar-refractivity contribution is -0.0893. The quantitative estimate of drug-likeness (QED) is 0.456. The van der Waals surface area contributed by atoms with Crippen LogP contribution in [0.5, 0.6) is 0 Å². The Bertz CT molecular complexity index is 1370. The molecule has 3 fully saturated rings. The number of piperidine rings is 1. The Morgan fingerprint density at radius 2 is 1.75 bits per heavy atom. The minimum Gasteiger partial charge on any atom is -0.374 e. The third kappa shape index (κ3) is 4.23. The highest BCUT2D eigenvalue weighted by molar-refractivity contribution is 5.71. The van der Waals surface area contributed by atoms with Gasteiger partial charge in [-0.25, -0.2) is 9.97 Å². The third-order valence-electron chi connectivity index (χ3n) is 10.1. The normalized spacial score (nSPS) is 27.1. The first kappa shape index (κ1) is 25.7. The van der Waals surface area contributed by atoms with Crippen LogP contribution in [0.4, 0.5) is 29.0 Å². The number of hydrogen-bond donors (Lipinski definition) is 1. The summed E-state index contributed by atoms with van der Waals surface area (Å²) in [6, 6.07) is 15.0. The molecule has 4 aliphatic rings. The molecule has 0 bridgehead atoms. The Kier molecular flexibility index (Phi) is 6.05. The van der Waals surface area contributed by atoms with Gasteiger partial charge in [0.2, 0.25) is 5.95 Å². The van der Waals surface area contributed by atoms with E-state index in [4.69, 9.17) is 19.7 Å². The van der Waals surface area contributed by atoms with Crippen LogP contribution in [0.25, 0.3) is 0 Å². The number of benzene rings is 1. The van der Waals surface area contributed by atoms with Crippen LogP contribution in [0.3, 0.4) is 0 Å². The van der Waals surface area contributed by atoms with Gasteiger partial charge in [0.1, 0.15) is 11.6 Å². The summed E-state index contributed by atoms with van der Waals surface area (Å²) in [4.78, 5) is 22.0. The third-order valence-corrected chi connectivity index (χ3v) is 10.1. The number of nitrogens with zero attached hydrogens (tertiary/aromatic N) is 6. The van der Waals surface area contributed by atoms with Gasteiger partial charge in [-0.2, -0.15) is 4.98 Å². The number of hydrogen-bond acceptors (Lipinski definition) is 8. The molecule has 0 amide bonds. The van der Waals surface area contributed by atoms with E-state index in [1.54, 1.807) is 0 Å². The van der Waals surface area contributed by atoms with Gasteiger partial charge < -0.3 is 24.8 Å². The fraction of sp³-hybridized carbons (Fsp3) is 0.531. The van der Waals surface area contributed by atoms with Gasteiger partial charge in [0.25, 0.3) is 0 Å². The van der Waals surface area contributed by atoms with Crippen LogP contribution in [0.15, 0.2) is 54.9 Å². The molecule has 0 saturated carbocycles. The molecule has 8 nitrogen and oxygen atoms in total. The Labute approximate surface area is 237 Å². The molecule has 0 aliphatic carbocycles. The minimum atomic E-state index is -0.211. The number of ether oxygens (including phenoxy) is 1. The molecule has 0 radical (unpaired) electrons. The largest absolute Gasteiger partial charge is 0.374 e. The topological polar surface area (TPSA) is 69.7 Å². The average Bonchev–Trinajstić information content (AvgIpc) is 3.43. The van der Waals surface area contributed by atoms with Gasteiger partial charge in [0, 0.05) is 53.4 Å². The summed E-state index contributed by atoms with van der Waals surface area (Å²) < 4.78 is 6.32. The lowest BCUT2D eigenvalue weighted by Crippen LogP contribution is -2.54. The molecule has 7 rings (SSSR count). The molecule has 2 aromatic heterocycles. The summed E-state index contributed by atoms with van der Waals surface area (Å²) in [5, 5.41) is 3.47. The predicted molar refractivity (Wildman–Crippen MR) is 160 cm³/mol. The lowest BCUT2D eigenvalue weighted by atomic mass is 9.73. The molecule has 2 atom stereocenters. The molecule has 4 aliphatic heterocycles.